The maximum absolute atomic E-state index is 12.6. The highest BCUT2D eigenvalue weighted by Gasteiger charge is 2.41. The van der Waals surface area contributed by atoms with Gasteiger partial charge in [-0.2, -0.15) is 13.2 Å². The molecular weight excluding hydrogens is 297 g/mol. The third-order valence-corrected chi connectivity index (χ3v) is 4.25. The zero-order chi connectivity index (χ0) is 15.1. The molecule has 1 aromatic heterocycles. The lowest BCUT2D eigenvalue weighted by molar-refractivity contribution is -0.383. The Balaban J connectivity index is 2.38. The molecular formula is C11H13F3N2O3S. The lowest BCUT2D eigenvalue weighted by Crippen LogP contribution is -2.35. The van der Waals surface area contributed by atoms with Gasteiger partial charge < -0.3 is 10.0 Å². The number of halogens is 3. The van der Waals surface area contributed by atoms with E-state index in [1.807, 2.05) is 0 Å². The topological polar surface area (TPSA) is 66.6 Å². The molecule has 1 atom stereocenters. The van der Waals surface area contributed by atoms with Crippen LogP contribution in [-0.4, -0.2) is 28.8 Å². The van der Waals surface area contributed by atoms with E-state index in [9.17, 15) is 28.4 Å². The van der Waals surface area contributed by atoms with E-state index in [0.29, 0.717) is 17.7 Å². The largest absolute Gasteiger partial charge is 0.405 e. The van der Waals surface area contributed by atoms with Crippen LogP contribution < -0.4 is 4.90 Å². The van der Waals surface area contributed by atoms with Crippen molar-refractivity contribution in [3.63, 3.8) is 0 Å². The molecule has 1 heterocycles. The minimum Gasteiger partial charge on any atom is -0.388 e. The molecule has 0 spiro atoms. The molecule has 9 heteroatoms. The summed E-state index contributed by atoms with van der Waals surface area (Å²) >= 11 is 0.847. The van der Waals surface area contributed by atoms with Crippen LogP contribution in [0.5, 0.6) is 0 Å². The lowest BCUT2D eigenvalue weighted by atomic mass is 10.3. The van der Waals surface area contributed by atoms with E-state index in [2.05, 4.69) is 0 Å². The van der Waals surface area contributed by atoms with Crippen molar-refractivity contribution in [2.24, 2.45) is 0 Å². The normalized spacial score (nSPS) is 17.1. The van der Waals surface area contributed by atoms with Crippen LogP contribution in [0, 0.1) is 10.1 Å². The average Bonchev–Trinajstić information content (AvgIpc) is 3.02. The molecule has 0 unspecified atom stereocenters. The summed E-state index contributed by atoms with van der Waals surface area (Å²) in [5.41, 5.74) is -0.373. The Bertz CT molecular complexity index is 512. The zero-order valence-electron chi connectivity index (χ0n) is 10.6. The van der Waals surface area contributed by atoms with Crippen LogP contribution in [0.25, 0.3) is 0 Å². The molecule has 20 heavy (non-hydrogen) atoms. The number of hydrogen-bond donors (Lipinski definition) is 1. The Labute approximate surface area is 116 Å². The highest BCUT2D eigenvalue weighted by Crippen LogP contribution is 2.45. The molecule has 1 fully saturated rings. The second-order valence-corrected chi connectivity index (χ2v) is 5.81. The van der Waals surface area contributed by atoms with Crippen molar-refractivity contribution in [3.8, 4) is 0 Å². The first-order valence-electron chi connectivity index (χ1n) is 5.98. The van der Waals surface area contributed by atoms with E-state index in [1.165, 1.54) is 6.92 Å². The number of anilines is 1. The summed E-state index contributed by atoms with van der Waals surface area (Å²) in [5, 5.41) is 20.4. The van der Waals surface area contributed by atoms with Gasteiger partial charge in [0.15, 0.2) is 5.00 Å². The van der Waals surface area contributed by atoms with Gasteiger partial charge in [-0.05, 0) is 19.8 Å². The number of rotatable bonds is 5. The lowest BCUT2D eigenvalue weighted by Gasteiger charge is -2.23. The van der Waals surface area contributed by atoms with E-state index >= 15 is 0 Å². The molecule has 1 aromatic rings. The number of aliphatic hydroxyl groups excluding tert-OH is 1. The highest BCUT2D eigenvalue weighted by atomic mass is 32.1. The maximum atomic E-state index is 12.6. The number of alkyl halides is 3. The predicted octanol–water partition coefficient (Wildman–Crippen LogP) is 3.24. The molecule has 1 N–H and O–H groups in total. The van der Waals surface area contributed by atoms with Crippen LogP contribution in [0.15, 0.2) is 6.07 Å². The van der Waals surface area contributed by atoms with Gasteiger partial charge in [0.05, 0.1) is 11.0 Å². The molecule has 0 saturated heterocycles. The summed E-state index contributed by atoms with van der Waals surface area (Å²) in [4.78, 5) is 11.6. The Morgan fingerprint density at radius 2 is 2.20 bits per heavy atom. The van der Waals surface area contributed by atoms with Crippen LogP contribution in [0.3, 0.4) is 0 Å². The first kappa shape index (κ1) is 15.0. The smallest absolute Gasteiger partial charge is 0.388 e. The Hall–Kier alpha value is -1.35. The van der Waals surface area contributed by atoms with Crippen molar-refractivity contribution in [3.05, 3.63) is 21.1 Å². The maximum Gasteiger partial charge on any atom is 0.405 e. The Morgan fingerprint density at radius 1 is 1.60 bits per heavy atom. The van der Waals surface area contributed by atoms with Crippen molar-refractivity contribution in [2.75, 3.05) is 11.4 Å². The summed E-state index contributed by atoms with van der Waals surface area (Å²) in [6.45, 7) is 0.211. The third-order valence-electron chi connectivity index (χ3n) is 2.92. The molecule has 0 amide bonds. The van der Waals surface area contributed by atoms with Crippen LogP contribution in [0.4, 0.5) is 23.9 Å². The molecule has 1 aliphatic rings. The van der Waals surface area contributed by atoms with Crippen LogP contribution in [0.2, 0.25) is 0 Å². The van der Waals surface area contributed by atoms with Crippen molar-refractivity contribution >= 4 is 22.0 Å². The van der Waals surface area contributed by atoms with Gasteiger partial charge in [-0.15, -0.1) is 11.3 Å². The van der Waals surface area contributed by atoms with Gasteiger partial charge in [0.1, 0.15) is 6.54 Å². The summed E-state index contributed by atoms with van der Waals surface area (Å²) in [5.74, 6) is 0. The van der Waals surface area contributed by atoms with Crippen molar-refractivity contribution in [1.29, 1.82) is 0 Å². The Kier molecular flexibility index (Phi) is 3.92. The molecule has 0 aromatic carbocycles. The third kappa shape index (κ3) is 3.40. The predicted molar refractivity (Wildman–Crippen MR) is 68.0 cm³/mol. The minimum atomic E-state index is -4.43. The van der Waals surface area contributed by atoms with Crippen LogP contribution in [-0.2, 0) is 0 Å². The SMILES string of the molecule is C[C@@H](O)c1cc([N+](=O)[O-])c(N(CC(F)(F)F)C2CC2)s1. The molecule has 0 radical (unpaired) electrons. The van der Waals surface area contributed by atoms with Crippen molar-refractivity contribution in [2.45, 2.75) is 38.1 Å². The molecule has 1 aliphatic carbocycles. The summed E-state index contributed by atoms with van der Waals surface area (Å²) in [6.07, 6.45) is -4.19. The van der Waals surface area contributed by atoms with Gasteiger partial charge >= 0.3 is 11.9 Å². The van der Waals surface area contributed by atoms with Gasteiger partial charge in [-0.25, -0.2) is 0 Å². The van der Waals surface area contributed by atoms with Crippen molar-refractivity contribution in [1.82, 2.24) is 0 Å². The summed E-state index contributed by atoms with van der Waals surface area (Å²) in [7, 11) is 0. The molecule has 2 rings (SSSR count). The van der Waals surface area contributed by atoms with E-state index in [0.717, 1.165) is 22.3 Å². The number of hydrogen-bond acceptors (Lipinski definition) is 5. The molecule has 0 bridgehead atoms. The number of nitrogens with zero attached hydrogens (tertiary/aromatic N) is 2. The van der Waals surface area contributed by atoms with Crippen LogP contribution in [0.1, 0.15) is 30.7 Å². The summed E-state index contributed by atoms with van der Waals surface area (Å²) < 4.78 is 37.9. The zero-order valence-corrected chi connectivity index (χ0v) is 11.4. The second kappa shape index (κ2) is 5.21. The van der Waals surface area contributed by atoms with Gasteiger partial charge in [-0.1, -0.05) is 0 Å². The first-order valence-corrected chi connectivity index (χ1v) is 6.80. The van der Waals surface area contributed by atoms with E-state index < -0.39 is 23.7 Å². The molecule has 1 saturated carbocycles. The van der Waals surface area contributed by atoms with Gasteiger partial charge in [0.2, 0.25) is 0 Å². The molecule has 0 aliphatic heterocycles. The number of thiophene rings is 1. The van der Waals surface area contributed by atoms with Crippen molar-refractivity contribution < 1.29 is 23.2 Å². The number of aliphatic hydroxyl groups is 1. The monoisotopic (exact) mass is 310 g/mol. The highest BCUT2D eigenvalue weighted by molar-refractivity contribution is 7.16. The molecule has 5 nitrogen and oxygen atoms in total. The van der Waals surface area contributed by atoms with E-state index in [4.69, 9.17) is 0 Å². The van der Waals surface area contributed by atoms with Gasteiger partial charge in [0, 0.05) is 17.0 Å². The van der Waals surface area contributed by atoms with Crippen LogP contribution >= 0.6 is 11.3 Å². The Morgan fingerprint density at radius 3 is 2.60 bits per heavy atom. The van der Waals surface area contributed by atoms with Gasteiger partial charge in [0.25, 0.3) is 0 Å². The number of nitro groups is 1. The fourth-order valence-corrected chi connectivity index (χ4v) is 3.01. The molecule has 112 valence electrons. The fourth-order valence-electron chi connectivity index (χ4n) is 1.88. The quantitative estimate of drug-likeness (QED) is 0.670. The van der Waals surface area contributed by atoms with E-state index in [-0.39, 0.29) is 16.7 Å². The van der Waals surface area contributed by atoms with Gasteiger partial charge in [-0.3, -0.25) is 10.1 Å². The minimum absolute atomic E-state index is 0.0225. The van der Waals surface area contributed by atoms with E-state index in [1.54, 1.807) is 0 Å². The average molecular weight is 310 g/mol. The fraction of sp³-hybridized carbons (Fsp3) is 0.636. The first-order chi connectivity index (χ1) is 9.19. The summed E-state index contributed by atoms with van der Waals surface area (Å²) in [6, 6.07) is 0.840. The standard InChI is InChI=1S/C11H13F3N2O3S/c1-6(17)9-4-8(16(18)19)10(20-9)15(7-2-3-7)5-11(12,13)14/h4,6-7,17H,2-3,5H2,1H3/t6-/m1/s1. The second-order valence-electron chi connectivity index (χ2n) is 4.75.